The van der Waals surface area contributed by atoms with E-state index in [1.54, 1.807) is 12.1 Å². The fourth-order valence-corrected chi connectivity index (χ4v) is 6.50. The number of amides is 2. The SMILES string of the molecule is [C-]#[N+]c1cccc(N(CC23CCC(c4noc(C(C)(C)F)n4)(CC2)CC3)C(=O)NC2CCC(C)(O)CC2)c1. The summed E-state index contributed by atoms with van der Waals surface area (Å²) in [7, 11) is 0. The molecule has 4 fully saturated rings. The largest absolute Gasteiger partial charge is 0.390 e. The van der Waals surface area contributed by atoms with Gasteiger partial charge in [0.05, 0.1) is 12.2 Å². The number of hydrogen-bond donors (Lipinski definition) is 2. The van der Waals surface area contributed by atoms with E-state index in [0.29, 0.717) is 30.9 Å². The van der Waals surface area contributed by atoms with Crippen molar-refractivity contribution in [3.63, 3.8) is 0 Å². The Kier molecular flexibility index (Phi) is 6.75. The van der Waals surface area contributed by atoms with Crippen LogP contribution in [0, 0.1) is 12.0 Å². The third kappa shape index (κ3) is 5.28. The molecular formula is C29H38FN5O3. The van der Waals surface area contributed by atoms with Crippen molar-refractivity contribution in [2.24, 2.45) is 5.41 Å². The standard InChI is InChI=1S/C29H38FN5O3/c1-26(2,30)24-33-23(34-38-24)29-15-12-28(13-16-29,14-17-29)19-35(22-7-5-6-21(18-22)31-4)25(36)32-20-8-10-27(3,37)11-9-20/h5-7,18,20,37H,8-17,19H2,1-3H3,(H,32,36). The van der Waals surface area contributed by atoms with Gasteiger partial charge in [-0.3, -0.25) is 4.90 Å². The van der Waals surface area contributed by atoms with Crippen LogP contribution in [0.5, 0.6) is 0 Å². The second-order valence-corrected chi connectivity index (χ2v) is 12.6. The third-order valence-corrected chi connectivity index (χ3v) is 9.21. The van der Waals surface area contributed by atoms with Gasteiger partial charge in [-0.25, -0.2) is 14.0 Å². The van der Waals surface area contributed by atoms with Crippen LogP contribution in [0.2, 0.25) is 0 Å². The molecule has 1 aromatic heterocycles. The summed E-state index contributed by atoms with van der Waals surface area (Å²) in [6.07, 6.45) is 8.14. The minimum Gasteiger partial charge on any atom is -0.390 e. The van der Waals surface area contributed by atoms with Crippen LogP contribution in [-0.2, 0) is 11.1 Å². The van der Waals surface area contributed by atoms with Crippen LogP contribution in [0.15, 0.2) is 28.8 Å². The van der Waals surface area contributed by atoms with Crippen LogP contribution in [-0.4, -0.2) is 39.5 Å². The smallest absolute Gasteiger partial charge is 0.322 e. The summed E-state index contributed by atoms with van der Waals surface area (Å²) in [6, 6.07) is 7.12. The van der Waals surface area contributed by atoms with E-state index in [9.17, 15) is 14.3 Å². The average molecular weight is 524 g/mol. The fraction of sp³-hybridized carbons (Fsp3) is 0.655. The number of rotatable bonds is 6. The van der Waals surface area contributed by atoms with Gasteiger partial charge in [-0.15, -0.1) is 0 Å². The van der Waals surface area contributed by atoms with Gasteiger partial charge in [-0.05, 0) is 103 Å². The van der Waals surface area contributed by atoms with E-state index < -0.39 is 11.3 Å². The van der Waals surface area contributed by atoms with Gasteiger partial charge in [0.1, 0.15) is 0 Å². The summed E-state index contributed by atoms with van der Waals surface area (Å²) in [4.78, 5) is 23.5. The first-order valence-electron chi connectivity index (χ1n) is 13.7. The molecule has 4 aliphatic carbocycles. The molecule has 0 atom stereocenters. The highest BCUT2D eigenvalue weighted by Gasteiger charge is 2.53. The normalized spacial score (nSPS) is 31.0. The van der Waals surface area contributed by atoms with Crippen molar-refractivity contribution >= 4 is 17.4 Å². The minimum atomic E-state index is -1.67. The maximum Gasteiger partial charge on any atom is 0.322 e. The van der Waals surface area contributed by atoms with Crippen molar-refractivity contribution in [1.29, 1.82) is 0 Å². The molecule has 2 amide bonds. The number of carbonyl (C=O) groups excluding carboxylic acids is 1. The predicted octanol–water partition coefficient (Wildman–Crippen LogP) is 6.33. The monoisotopic (exact) mass is 523 g/mol. The van der Waals surface area contributed by atoms with E-state index in [-0.39, 0.29) is 28.8 Å². The summed E-state index contributed by atoms with van der Waals surface area (Å²) in [5.41, 5.74) is -1.36. The van der Waals surface area contributed by atoms with Crippen LogP contribution >= 0.6 is 0 Å². The van der Waals surface area contributed by atoms with Crippen molar-refractivity contribution in [3.8, 4) is 0 Å². The van der Waals surface area contributed by atoms with Gasteiger partial charge >= 0.3 is 6.03 Å². The molecule has 0 unspecified atom stereocenters. The highest BCUT2D eigenvalue weighted by Crippen LogP contribution is 2.57. The molecule has 0 spiro atoms. The first kappa shape index (κ1) is 26.6. The third-order valence-electron chi connectivity index (χ3n) is 9.21. The molecule has 2 bridgehead atoms. The zero-order valence-electron chi connectivity index (χ0n) is 22.6. The van der Waals surface area contributed by atoms with E-state index in [2.05, 4.69) is 20.3 Å². The zero-order chi connectivity index (χ0) is 27.2. The van der Waals surface area contributed by atoms with Crippen LogP contribution in [0.4, 0.5) is 20.6 Å². The average Bonchev–Trinajstić information content (AvgIpc) is 3.42. The van der Waals surface area contributed by atoms with Crippen molar-refractivity contribution in [1.82, 2.24) is 15.5 Å². The summed E-state index contributed by atoms with van der Waals surface area (Å²) in [6.45, 7) is 12.7. The lowest BCUT2D eigenvalue weighted by Gasteiger charge is -2.53. The fourth-order valence-electron chi connectivity index (χ4n) is 6.50. The second kappa shape index (κ2) is 9.64. The van der Waals surface area contributed by atoms with E-state index in [1.807, 2.05) is 24.0 Å². The van der Waals surface area contributed by atoms with Crippen molar-refractivity contribution < 1.29 is 18.8 Å². The van der Waals surface area contributed by atoms with Gasteiger partial charge in [0, 0.05) is 23.7 Å². The molecule has 6 rings (SSSR count). The van der Waals surface area contributed by atoms with Gasteiger partial charge in [0.25, 0.3) is 5.89 Å². The summed E-state index contributed by atoms with van der Waals surface area (Å²) < 4.78 is 19.6. The summed E-state index contributed by atoms with van der Waals surface area (Å²) in [5.74, 6) is 0.634. The molecule has 8 nitrogen and oxygen atoms in total. The number of nitrogens with zero attached hydrogens (tertiary/aromatic N) is 4. The zero-order valence-corrected chi connectivity index (χ0v) is 22.6. The molecule has 0 radical (unpaired) electrons. The second-order valence-electron chi connectivity index (χ2n) is 12.6. The Morgan fingerprint density at radius 2 is 1.87 bits per heavy atom. The molecule has 0 aliphatic heterocycles. The molecule has 4 aliphatic rings. The van der Waals surface area contributed by atoms with E-state index in [1.165, 1.54) is 13.8 Å². The Hall–Kier alpha value is -2.99. The van der Waals surface area contributed by atoms with Crippen molar-refractivity contribution in [3.05, 3.63) is 47.4 Å². The first-order chi connectivity index (χ1) is 17.9. The number of carbonyl (C=O) groups is 1. The highest BCUT2D eigenvalue weighted by molar-refractivity contribution is 5.93. The Balaban J connectivity index is 1.33. The quantitative estimate of drug-likeness (QED) is 0.432. The van der Waals surface area contributed by atoms with Crippen LogP contribution in [0.1, 0.15) is 96.7 Å². The van der Waals surface area contributed by atoms with Gasteiger partial charge < -0.3 is 14.9 Å². The Morgan fingerprint density at radius 1 is 1.21 bits per heavy atom. The van der Waals surface area contributed by atoms with Gasteiger partial charge in [0.2, 0.25) is 0 Å². The van der Waals surface area contributed by atoms with Crippen LogP contribution in [0.25, 0.3) is 4.85 Å². The number of urea groups is 1. The van der Waals surface area contributed by atoms with Crippen LogP contribution in [0.3, 0.4) is 0 Å². The molecular weight excluding hydrogens is 485 g/mol. The van der Waals surface area contributed by atoms with Gasteiger partial charge in [-0.2, -0.15) is 4.98 Å². The lowest BCUT2D eigenvalue weighted by Crippen LogP contribution is -2.54. The number of alkyl halides is 1. The van der Waals surface area contributed by atoms with Gasteiger partial charge in [-0.1, -0.05) is 17.3 Å². The Morgan fingerprint density at radius 3 is 2.45 bits per heavy atom. The van der Waals surface area contributed by atoms with E-state index in [4.69, 9.17) is 11.1 Å². The van der Waals surface area contributed by atoms with E-state index >= 15 is 0 Å². The number of hydrogen-bond acceptors (Lipinski definition) is 5. The molecule has 0 saturated heterocycles. The van der Waals surface area contributed by atoms with Crippen molar-refractivity contribution in [2.45, 2.75) is 108 Å². The van der Waals surface area contributed by atoms with E-state index in [0.717, 1.165) is 57.1 Å². The van der Waals surface area contributed by atoms with Crippen molar-refractivity contribution in [2.75, 3.05) is 11.4 Å². The maximum absolute atomic E-state index is 14.4. The predicted molar refractivity (Wildman–Crippen MR) is 142 cm³/mol. The number of aromatic nitrogens is 2. The number of aliphatic hydroxyl groups is 1. The Labute approximate surface area is 223 Å². The summed E-state index contributed by atoms with van der Waals surface area (Å²) in [5, 5.41) is 17.7. The molecule has 2 N–H and O–H groups in total. The minimum absolute atomic E-state index is 0.0179. The topological polar surface area (TPSA) is 95.9 Å². The number of anilines is 1. The summed E-state index contributed by atoms with van der Waals surface area (Å²) >= 11 is 0. The first-order valence-corrected chi connectivity index (χ1v) is 13.7. The Bertz CT molecular complexity index is 1190. The molecule has 204 valence electrons. The molecule has 1 heterocycles. The number of benzene rings is 1. The molecule has 2 aromatic rings. The van der Waals surface area contributed by atoms with Crippen LogP contribution < -0.4 is 10.2 Å². The molecule has 4 saturated carbocycles. The molecule has 38 heavy (non-hydrogen) atoms. The highest BCUT2D eigenvalue weighted by atomic mass is 19.1. The number of fused-ring (bicyclic) bond motifs is 3. The maximum atomic E-state index is 14.4. The number of nitrogens with one attached hydrogen (secondary N) is 1. The molecule has 1 aromatic carbocycles. The lowest BCUT2D eigenvalue weighted by molar-refractivity contribution is 0.0151. The molecule has 9 heteroatoms. The van der Waals surface area contributed by atoms with Gasteiger partial charge in [0.15, 0.2) is 17.2 Å². The lowest BCUT2D eigenvalue weighted by atomic mass is 9.53. The number of halogens is 1.